The predicted octanol–water partition coefficient (Wildman–Crippen LogP) is 1.86. The summed E-state index contributed by atoms with van der Waals surface area (Å²) in [4.78, 5) is 7.20. The van der Waals surface area contributed by atoms with Gasteiger partial charge in [-0.25, -0.2) is 12.7 Å². The molecule has 1 aliphatic heterocycles. The van der Waals surface area contributed by atoms with Crippen LogP contribution in [-0.2, 0) is 10.0 Å². The molecule has 0 aliphatic carbocycles. The third-order valence-corrected chi connectivity index (χ3v) is 6.95. The third kappa shape index (κ3) is 8.35. The first-order valence-corrected chi connectivity index (χ1v) is 12.1. The van der Waals surface area contributed by atoms with E-state index in [2.05, 4.69) is 50.2 Å². The molecule has 0 aromatic carbocycles. The number of sulfonamides is 1. The molecule has 1 fully saturated rings. The smallest absolute Gasteiger partial charge is 0.213 e. The highest BCUT2D eigenvalue weighted by Gasteiger charge is 2.27. The summed E-state index contributed by atoms with van der Waals surface area (Å²) in [5.74, 6) is 1.02. The van der Waals surface area contributed by atoms with E-state index in [0.717, 1.165) is 44.9 Å². The maximum absolute atomic E-state index is 12.0. The Bertz CT molecular complexity index is 532. The van der Waals surface area contributed by atoms with Crippen LogP contribution < -0.4 is 10.6 Å². The molecule has 0 amide bonds. The minimum atomic E-state index is -3.07. The van der Waals surface area contributed by atoms with Gasteiger partial charge in [-0.2, -0.15) is 0 Å². The molecule has 1 saturated heterocycles. The molecule has 1 aliphatic rings. The molecule has 27 heavy (non-hydrogen) atoms. The molecular formula is C19H41N5O2S. The van der Waals surface area contributed by atoms with E-state index in [-0.39, 0.29) is 11.8 Å². The van der Waals surface area contributed by atoms with Gasteiger partial charge >= 0.3 is 0 Å². The Hall–Kier alpha value is -0.860. The molecule has 0 saturated carbocycles. The molecule has 160 valence electrons. The molecule has 0 aromatic heterocycles. The van der Waals surface area contributed by atoms with Crippen LogP contribution in [0.5, 0.6) is 0 Å². The number of hydrogen-bond donors (Lipinski definition) is 2. The number of nitrogens with one attached hydrogen (secondary N) is 2. The van der Waals surface area contributed by atoms with E-state index in [4.69, 9.17) is 4.99 Å². The third-order valence-electron chi connectivity index (χ3n) is 5.07. The van der Waals surface area contributed by atoms with Crippen LogP contribution in [-0.4, -0.2) is 80.2 Å². The number of hydrogen-bond acceptors (Lipinski definition) is 4. The Morgan fingerprint density at radius 2 is 1.74 bits per heavy atom. The van der Waals surface area contributed by atoms with E-state index in [1.807, 2.05) is 0 Å². The van der Waals surface area contributed by atoms with Gasteiger partial charge in [0, 0.05) is 50.8 Å². The van der Waals surface area contributed by atoms with Crippen molar-refractivity contribution in [2.24, 2.45) is 4.99 Å². The Kier molecular flexibility index (Phi) is 10.6. The summed E-state index contributed by atoms with van der Waals surface area (Å²) in [7, 11) is -3.07. The van der Waals surface area contributed by atoms with Crippen molar-refractivity contribution in [3.05, 3.63) is 0 Å². The SMILES string of the molecule is CCNC(=NCCCN(C(C)C)C(C)C)NC1CCN(S(=O)(=O)CC)CC1. The van der Waals surface area contributed by atoms with E-state index in [1.165, 1.54) is 0 Å². The number of guanidine groups is 1. The highest BCUT2D eigenvalue weighted by atomic mass is 32.2. The topological polar surface area (TPSA) is 77.0 Å². The molecule has 8 heteroatoms. The number of piperidine rings is 1. The fourth-order valence-electron chi connectivity index (χ4n) is 3.53. The van der Waals surface area contributed by atoms with Gasteiger partial charge in [0.1, 0.15) is 0 Å². The minimum absolute atomic E-state index is 0.180. The molecule has 0 aromatic rings. The average Bonchev–Trinajstić information content (AvgIpc) is 2.61. The van der Waals surface area contributed by atoms with Crippen molar-refractivity contribution in [3.8, 4) is 0 Å². The molecule has 1 heterocycles. The van der Waals surface area contributed by atoms with Crippen LogP contribution >= 0.6 is 0 Å². The van der Waals surface area contributed by atoms with Gasteiger partial charge in [-0.15, -0.1) is 0 Å². The first-order chi connectivity index (χ1) is 12.7. The predicted molar refractivity (Wildman–Crippen MR) is 115 cm³/mol. The van der Waals surface area contributed by atoms with Gasteiger partial charge < -0.3 is 10.6 Å². The molecule has 0 spiro atoms. The first-order valence-electron chi connectivity index (χ1n) is 10.5. The van der Waals surface area contributed by atoms with Crippen LogP contribution in [0.2, 0.25) is 0 Å². The van der Waals surface area contributed by atoms with Gasteiger partial charge in [-0.1, -0.05) is 0 Å². The molecule has 0 radical (unpaired) electrons. The zero-order valence-electron chi connectivity index (χ0n) is 18.2. The van der Waals surface area contributed by atoms with E-state index in [0.29, 0.717) is 25.2 Å². The highest BCUT2D eigenvalue weighted by molar-refractivity contribution is 7.89. The Balaban J connectivity index is 2.48. The number of rotatable bonds is 10. The maximum atomic E-state index is 12.0. The van der Waals surface area contributed by atoms with Gasteiger partial charge in [0.15, 0.2) is 5.96 Å². The standard InChI is InChI=1S/C19H41N5O2S/c1-7-20-19(21-12-9-13-24(16(3)4)17(5)6)22-18-10-14-23(15-11-18)27(25,26)8-2/h16-18H,7-15H2,1-6H3,(H2,20,21,22). The van der Waals surface area contributed by atoms with Crippen molar-refractivity contribution in [2.45, 2.75) is 78.9 Å². The fraction of sp³-hybridized carbons (Fsp3) is 0.947. The Morgan fingerprint density at radius 1 is 1.15 bits per heavy atom. The Morgan fingerprint density at radius 3 is 2.22 bits per heavy atom. The van der Waals surface area contributed by atoms with Crippen molar-refractivity contribution < 1.29 is 8.42 Å². The largest absolute Gasteiger partial charge is 0.357 e. The lowest BCUT2D eigenvalue weighted by Crippen LogP contribution is -2.50. The second-order valence-electron chi connectivity index (χ2n) is 7.76. The summed E-state index contributed by atoms with van der Waals surface area (Å²) in [6.45, 7) is 16.5. The second kappa shape index (κ2) is 11.9. The van der Waals surface area contributed by atoms with Crippen LogP contribution in [0.25, 0.3) is 0 Å². The first kappa shape index (κ1) is 24.2. The fourth-order valence-corrected chi connectivity index (χ4v) is 4.66. The molecule has 0 unspecified atom stereocenters. The van der Waals surface area contributed by atoms with E-state index in [9.17, 15) is 8.42 Å². The zero-order valence-corrected chi connectivity index (χ0v) is 19.0. The summed E-state index contributed by atoms with van der Waals surface area (Å²) in [5, 5.41) is 6.79. The summed E-state index contributed by atoms with van der Waals surface area (Å²) in [6, 6.07) is 1.36. The number of nitrogens with zero attached hydrogens (tertiary/aromatic N) is 3. The summed E-state index contributed by atoms with van der Waals surface area (Å²) < 4.78 is 25.6. The van der Waals surface area contributed by atoms with Crippen molar-refractivity contribution in [2.75, 3.05) is 38.5 Å². The summed E-state index contributed by atoms with van der Waals surface area (Å²) in [5.41, 5.74) is 0. The van der Waals surface area contributed by atoms with Gasteiger partial charge in [-0.3, -0.25) is 9.89 Å². The normalized spacial score (nSPS) is 17.9. The quantitative estimate of drug-likeness (QED) is 0.331. The maximum Gasteiger partial charge on any atom is 0.213 e. The van der Waals surface area contributed by atoms with Crippen molar-refractivity contribution in [1.82, 2.24) is 19.8 Å². The molecule has 0 atom stereocenters. The van der Waals surface area contributed by atoms with Crippen molar-refractivity contribution in [1.29, 1.82) is 0 Å². The van der Waals surface area contributed by atoms with Crippen LogP contribution in [0, 0.1) is 0 Å². The van der Waals surface area contributed by atoms with E-state index >= 15 is 0 Å². The summed E-state index contributed by atoms with van der Waals surface area (Å²) >= 11 is 0. The molecule has 0 bridgehead atoms. The van der Waals surface area contributed by atoms with Gasteiger partial charge in [0.2, 0.25) is 10.0 Å². The van der Waals surface area contributed by atoms with Crippen molar-refractivity contribution >= 4 is 16.0 Å². The van der Waals surface area contributed by atoms with Gasteiger partial charge in [0.05, 0.1) is 5.75 Å². The Labute approximate surface area is 167 Å². The lowest BCUT2D eigenvalue weighted by molar-refractivity contribution is 0.174. The molecule has 2 N–H and O–H groups in total. The summed E-state index contributed by atoms with van der Waals surface area (Å²) in [6.07, 6.45) is 2.66. The van der Waals surface area contributed by atoms with E-state index in [1.54, 1.807) is 11.2 Å². The molecule has 1 rings (SSSR count). The minimum Gasteiger partial charge on any atom is -0.357 e. The van der Waals surface area contributed by atoms with Crippen LogP contribution in [0.3, 0.4) is 0 Å². The lowest BCUT2D eigenvalue weighted by atomic mass is 10.1. The lowest BCUT2D eigenvalue weighted by Gasteiger charge is -2.32. The van der Waals surface area contributed by atoms with Gasteiger partial charge in [-0.05, 0) is 60.8 Å². The van der Waals surface area contributed by atoms with Crippen LogP contribution in [0.4, 0.5) is 0 Å². The number of aliphatic imine (C=N–C) groups is 1. The van der Waals surface area contributed by atoms with Crippen LogP contribution in [0.1, 0.15) is 60.8 Å². The highest BCUT2D eigenvalue weighted by Crippen LogP contribution is 2.14. The van der Waals surface area contributed by atoms with Crippen molar-refractivity contribution in [3.63, 3.8) is 0 Å². The monoisotopic (exact) mass is 403 g/mol. The van der Waals surface area contributed by atoms with Crippen LogP contribution in [0.15, 0.2) is 4.99 Å². The molecule has 7 nitrogen and oxygen atoms in total. The zero-order chi connectivity index (χ0) is 20.4. The average molecular weight is 404 g/mol. The van der Waals surface area contributed by atoms with E-state index < -0.39 is 10.0 Å². The molecular weight excluding hydrogens is 362 g/mol. The second-order valence-corrected chi connectivity index (χ2v) is 10.0. The van der Waals surface area contributed by atoms with Gasteiger partial charge in [0.25, 0.3) is 0 Å².